The topological polar surface area (TPSA) is 85.1 Å². The number of benzene rings is 1. The zero-order valence-corrected chi connectivity index (χ0v) is 19.0. The van der Waals surface area contributed by atoms with E-state index in [1.54, 1.807) is 30.0 Å². The highest BCUT2D eigenvalue weighted by Crippen LogP contribution is 2.36. The van der Waals surface area contributed by atoms with E-state index in [0.717, 1.165) is 12.8 Å². The van der Waals surface area contributed by atoms with Crippen LogP contribution in [0, 0.1) is 12.3 Å². The second-order valence-electron chi connectivity index (χ2n) is 8.57. The van der Waals surface area contributed by atoms with Gasteiger partial charge < -0.3 is 23.8 Å². The molecule has 2 aliphatic rings. The van der Waals surface area contributed by atoms with Crippen molar-refractivity contribution in [2.24, 2.45) is 5.41 Å². The minimum absolute atomic E-state index is 0.0644. The molecule has 1 aromatic carbocycles. The van der Waals surface area contributed by atoms with E-state index in [9.17, 15) is 9.59 Å². The number of hydrogen-bond acceptors (Lipinski definition) is 6. The molecule has 3 heterocycles. The van der Waals surface area contributed by atoms with E-state index in [1.807, 2.05) is 17.0 Å². The number of amides is 2. The lowest BCUT2D eigenvalue weighted by atomic mass is 9.77. The molecule has 8 nitrogen and oxygen atoms in total. The fourth-order valence-corrected chi connectivity index (χ4v) is 4.54. The highest BCUT2D eigenvalue weighted by molar-refractivity contribution is 6.30. The van der Waals surface area contributed by atoms with Crippen LogP contribution in [0.15, 0.2) is 34.9 Å². The Kier molecular flexibility index (Phi) is 7.01. The summed E-state index contributed by atoms with van der Waals surface area (Å²) < 4.78 is 16.6. The van der Waals surface area contributed by atoms with Gasteiger partial charge in [-0.1, -0.05) is 22.8 Å². The van der Waals surface area contributed by atoms with Gasteiger partial charge in [0.2, 0.25) is 5.91 Å². The van der Waals surface area contributed by atoms with Crippen LogP contribution in [-0.2, 0) is 9.53 Å². The highest BCUT2D eigenvalue weighted by atomic mass is 35.5. The van der Waals surface area contributed by atoms with E-state index in [0.29, 0.717) is 69.0 Å². The van der Waals surface area contributed by atoms with Gasteiger partial charge in [0.1, 0.15) is 11.5 Å². The van der Waals surface area contributed by atoms with Crippen LogP contribution in [-0.4, -0.2) is 72.8 Å². The predicted octanol–water partition coefficient (Wildman–Crippen LogP) is 3.19. The van der Waals surface area contributed by atoms with E-state index in [-0.39, 0.29) is 17.5 Å². The van der Waals surface area contributed by atoms with Crippen molar-refractivity contribution in [1.82, 2.24) is 15.0 Å². The molecule has 4 rings (SSSR count). The highest BCUT2D eigenvalue weighted by Gasteiger charge is 2.41. The summed E-state index contributed by atoms with van der Waals surface area (Å²) in [5.41, 5.74) is -0.224. The molecule has 0 saturated carbocycles. The largest absolute Gasteiger partial charge is 0.493 e. The molecule has 0 bridgehead atoms. The van der Waals surface area contributed by atoms with Gasteiger partial charge in [0, 0.05) is 49.1 Å². The summed E-state index contributed by atoms with van der Waals surface area (Å²) in [5.74, 6) is 1.11. The Labute approximate surface area is 192 Å². The van der Waals surface area contributed by atoms with Gasteiger partial charge >= 0.3 is 0 Å². The molecular formula is C23H28ClN3O5. The van der Waals surface area contributed by atoms with Crippen molar-refractivity contribution in [3.05, 3.63) is 46.8 Å². The maximum Gasteiger partial charge on any atom is 0.276 e. The lowest BCUT2D eigenvalue weighted by Crippen LogP contribution is -2.52. The zero-order valence-electron chi connectivity index (χ0n) is 18.2. The molecule has 0 unspecified atom stereocenters. The van der Waals surface area contributed by atoms with Gasteiger partial charge in [0.25, 0.3) is 5.91 Å². The second kappa shape index (κ2) is 9.92. The normalized spacial score (nSPS) is 21.4. The average Bonchev–Trinajstić information content (AvgIpc) is 3.24. The van der Waals surface area contributed by atoms with Gasteiger partial charge in [-0.3, -0.25) is 9.59 Å². The van der Waals surface area contributed by atoms with Crippen molar-refractivity contribution < 1.29 is 23.6 Å². The SMILES string of the molecule is Cc1cc(C(=O)N2CCC[C@](COc3cccc(Cl)c3)(CC(=O)N3CCOCC3)C2)no1. The number of piperidine rings is 1. The standard InChI is InChI=1S/C23H28ClN3O5/c1-17-12-20(25-32-17)22(29)27-7-3-6-23(15-27,14-21(28)26-8-10-30-11-9-26)16-31-19-5-2-4-18(24)13-19/h2,4-5,12-13H,3,6-11,14-16H2,1H3/t23-/m0/s1. The maximum absolute atomic E-state index is 13.1. The quantitative estimate of drug-likeness (QED) is 0.656. The number of carbonyl (C=O) groups is 2. The van der Waals surface area contributed by atoms with Crippen LogP contribution in [0.1, 0.15) is 35.5 Å². The van der Waals surface area contributed by atoms with E-state index in [1.165, 1.54) is 0 Å². The third-order valence-corrected chi connectivity index (χ3v) is 6.26. The van der Waals surface area contributed by atoms with Crippen LogP contribution in [0.5, 0.6) is 5.75 Å². The Morgan fingerprint density at radius 1 is 1.19 bits per heavy atom. The van der Waals surface area contributed by atoms with Crippen molar-refractivity contribution >= 4 is 23.4 Å². The van der Waals surface area contributed by atoms with E-state index in [4.69, 9.17) is 25.6 Å². The average molecular weight is 462 g/mol. The van der Waals surface area contributed by atoms with Crippen molar-refractivity contribution in [2.75, 3.05) is 46.0 Å². The molecule has 0 aliphatic carbocycles. The molecule has 1 atom stereocenters. The summed E-state index contributed by atoms with van der Waals surface area (Å²) in [5, 5.41) is 4.46. The van der Waals surface area contributed by atoms with Crippen LogP contribution >= 0.6 is 11.6 Å². The third-order valence-electron chi connectivity index (χ3n) is 6.03. The van der Waals surface area contributed by atoms with Crippen molar-refractivity contribution in [3.63, 3.8) is 0 Å². The summed E-state index contributed by atoms with van der Waals surface area (Å²) >= 11 is 6.10. The first-order chi connectivity index (χ1) is 15.4. The molecule has 2 saturated heterocycles. The molecule has 32 heavy (non-hydrogen) atoms. The molecule has 2 fully saturated rings. The molecule has 1 aromatic heterocycles. The van der Waals surface area contributed by atoms with Crippen LogP contribution in [0.4, 0.5) is 0 Å². The molecule has 0 radical (unpaired) electrons. The van der Waals surface area contributed by atoms with Crippen molar-refractivity contribution in [2.45, 2.75) is 26.2 Å². The fourth-order valence-electron chi connectivity index (χ4n) is 4.36. The Morgan fingerprint density at radius 2 is 2.00 bits per heavy atom. The summed E-state index contributed by atoms with van der Waals surface area (Å²) in [4.78, 5) is 29.8. The van der Waals surface area contributed by atoms with Crippen LogP contribution in [0.25, 0.3) is 0 Å². The first kappa shape index (κ1) is 22.6. The Morgan fingerprint density at radius 3 is 2.72 bits per heavy atom. The number of aromatic nitrogens is 1. The molecule has 9 heteroatoms. The van der Waals surface area contributed by atoms with Crippen LogP contribution in [0.2, 0.25) is 5.02 Å². The number of carbonyl (C=O) groups excluding carboxylic acids is 2. The lowest BCUT2D eigenvalue weighted by Gasteiger charge is -2.43. The van der Waals surface area contributed by atoms with Crippen LogP contribution < -0.4 is 4.74 Å². The fraction of sp³-hybridized carbons (Fsp3) is 0.522. The van der Waals surface area contributed by atoms with E-state index < -0.39 is 5.41 Å². The summed E-state index contributed by atoms with van der Waals surface area (Å²) in [6.45, 7) is 5.36. The number of hydrogen-bond donors (Lipinski definition) is 0. The molecule has 0 N–H and O–H groups in total. The number of nitrogens with zero attached hydrogens (tertiary/aromatic N) is 3. The first-order valence-corrected chi connectivity index (χ1v) is 11.3. The van der Waals surface area contributed by atoms with Gasteiger partial charge in [0.15, 0.2) is 5.69 Å². The minimum atomic E-state index is -0.510. The molecule has 2 aromatic rings. The molecule has 2 aliphatic heterocycles. The number of ether oxygens (including phenoxy) is 2. The van der Waals surface area contributed by atoms with Gasteiger partial charge in [0.05, 0.1) is 19.8 Å². The maximum atomic E-state index is 13.1. The lowest BCUT2D eigenvalue weighted by molar-refractivity contribution is -0.139. The van der Waals surface area contributed by atoms with Crippen molar-refractivity contribution in [1.29, 1.82) is 0 Å². The monoisotopic (exact) mass is 461 g/mol. The van der Waals surface area contributed by atoms with Gasteiger partial charge in [-0.25, -0.2) is 0 Å². The van der Waals surface area contributed by atoms with Gasteiger partial charge in [-0.2, -0.15) is 0 Å². The van der Waals surface area contributed by atoms with E-state index >= 15 is 0 Å². The van der Waals surface area contributed by atoms with Crippen LogP contribution in [0.3, 0.4) is 0 Å². The van der Waals surface area contributed by atoms with Gasteiger partial charge in [-0.05, 0) is 38.0 Å². The number of rotatable bonds is 6. The number of aryl methyl sites for hydroxylation is 1. The molecule has 0 spiro atoms. The number of likely N-dealkylation sites (tertiary alicyclic amines) is 1. The predicted molar refractivity (Wildman–Crippen MR) is 118 cm³/mol. The summed E-state index contributed by atoms with van der Waals surface area (Å²) in [7, 11) is 0. The Balaban J connectivity index is 1.52. The molecule has 2 amide bonds. The second-order valence-corrected chi connectivity index (χ2v) is 9.01. The van der Waals surface area contributed by atoms with E-state index in [2.05, 4.69) is 5.16 Å². The summed E-state index contributed by atoms with van der Waals surface area (Å²) in [6, 6.07) is 8.84. The first-order valence-electron chi connectivity index (χ1n) is 10.9. The number of halogens is 1. The zero-order chi connectivity index (χ0) is 22.6. The summed E-state index contributed by atoms with van der Waals surface area (Å²) in [6.07, 6.45) is 1.86. The van der Waals surface area contributed by atoms with Gasteiger partial charge in [-0.15, -0.1) is 0 Å². The third kappa shape index (κ3) is 5.42. The minimum Gasteiger partial charge on any atom is -0.493 e. The Hall–Kier alpha value is -2.58. The molecule has 172 valence electrons. The number of morpholine rings is 1. The molecular weight excluding hydrogens is 434 g/mol. The van der Waals surface area contributed by atoms with Crippen molar-refractivity contribution in [3.8, 4) is 5.75 Å². The Bertz CT molecular complexity index is 959. The smallest absolute Gasteiger partial charge is 0.276 e.